The van der Waals surface area contributed by atoms with Gasteiger partial charge in [-0.05, 0) is 25.2 Å². The third kappa shape index (κ3) is 10.4. The molecular weight excluding hydrogens is 200 g/mol. The van der Waals surface area contributed by atoms with Crippen LogP contribution in [0.25, 0.3) is 0 Å². The first-order valence-electron chi connectivity index (χ1n) is 7.03. The lowest BCUT2D eigenvalue weighted by atomic mass is 9.96. The zero-order valence-corrected chi connectivity index (χ0v) is 11.2. The summed E-state index contributed by atoms with van der Waals surface area (Å²) in [4.78, 5) is 0. The lowest BCUT2D eigenvalue weighted by Gasteiger charge is -2.16. The summed E-state index contributed by atoms with van der Waals surface area (Å²) in [6, 6.07) is 0. The molecule has 0 amide bonds. The minimum Gasteiger partial charge on any atom is -0.396 e. The lowest BCUT2D eigenvalue weighted by Crippen LogP contribution is -2.11. The van der Waals surface area contributed by atoms with E-state index in [0.717, 1.165) is 18.9 Å². The van der Waals surface area contributed by atoms with Crippen molar-refractivity contribution in [1.29, 1.82) is 0 Å². The van der Waals surface area contributed by atoms with Crippen LogP contribution in [0.5, 0.6) is 0 Å². The number of hydrogen-bond donors (Lipinski definition) is 1. The molecule has 1 N–H and O–H groups in total. The molecule has 0 heterocycles. The van der Waals surface area contributed by atoms with Gasteiger partial charge in [-0.1, -0.05) is 46.0 Å². The summed E-state index contributed by atoms with van der Waals surface area (Å²) in [5, 5.41) is 8.67. The molecule has 16 heavy (non-hydrogen) atoms. The summed E-state index contributed by atoms with van der Waals surface area (Å²) < 4.78 is 5.60. The SMILES string of the molecule is CCCCCC(CCCC)COCCCO. The number of hydrogen-bond acceptors (Lipinski definition) is 2. The Morgan fingerprint density at radius 1 is 0.938 bits per heavy atom. The molecule has 0 aromatic rings. The minimum atomic E-state index is 0.245. The van der Waals surface area contributed by atoms with Crippen LogP contribution in [0, 0.1) is 5.92 Å². The second kappa shape index (κ2) is 13.0. The van der Waals surface area contributed by atoms with Crippen molar-refractivity contribution in [2.45, 2.75) is 65.2 Å². The normalized spacial score (nSPS) is 12.9. The molecule has 0 aromatic heterocycles. The van der Waals surface area contributed by atoms with Gasteiger partial charge in [0.2, 0.25) is 0 Å². The molecule has 0 aromatic carbocycles. The fraction of sp³-hybridized carbons (Fsp3) is 1.00. The first-order valence-corrected chi connectivity index (χ1v) is 7.03. The Labute approximate surface area is 101 Å². The smallest absolute Gasteiger partial charge is 0.0494 e. The Morgan fingerprint density at radius 2 is 1.62 bits per heavy atom. The van der Waals surface area contributed by atoms with Crippen LogP contribution in [0.2, 0.25) is 0 Å². The van der Waals surface area contributed by atoms with Gasteiger partial charge < -0.3 is 9.84 Å². The molecule has 2 heteroatoms. The predicted octanol–water partition coefficient (Wildman–Crippen LogP) is 3.77. The van der Waals surface area contributed by atoms with Gasteiger partial charge in [-0.25, -0.2) is 0 Å². The van der Waals surface area contributed by atoms with Crippen molar-refractivity contribution >= 4 is 0 Å². The molecule has 2 nitrogen and oxygen atoms in total. The Morgan fingerprint density at radius 3 is 2.25 bits per heavy atom. The highest BCUT2D eigenvalue weighted by Gasteiger charge is 2.08. The Hall–Kier alpha value is -0.0800. The molecule has 0 bridgehead atoms. The molecule has 0 spiro atoms. The van der Waals surface area contributed by atoms with Crippen molar-refractivity contribution in [3.05, 3.63) is 0 Å². The van der Waals surface area contributed by atoms with E-state index in [1.165, 1.54) is 44.9 Å². The van der Waals surface area contributed by atoms with Gasteiger partial charge in [-0.15, -0.1) is 0 Å². The monoisotopic (exact) mass is 230 g/mol. The number of rotatable bonds is 12. The van der Waals surface area contributed by atoms with Crippen molar-refractivity contribution in [1.82, 2.24) is 0 Å². The summed E-state index contributed by atoms with van der Waals surface area (Å²) in [6.45, 7) is 6.35. The Bertz CT molecular complexity index is 126. The van der Waals surface area contributed by atoms with Gasteiger partial charge in [0, 0.05) is 19.8 Å². The average molecular weight is 230 g/mol. The minimum absolute atomic E-state index is 0.245. The van der Waals surface area contributed by atoms with Crippen LogP contribution < -0.4 is 0 Å². The molecule has 1 unspecified atom stereocenters. The van der Waals surface area contributed by atoms with Crippen molar-refractivity contribution in [2.24, 2.45) is 5.92 Å². The van der Waals surface area contributed by atoms with Gasteiger partial charge in [-0.2, -0.15) is 0 Å². The summed E-state index contributed by atoms with van der Waals surface area (Å²) in [5.41, 5.74) is 0. The zero-order valence-electron chi connectivity index (χ0n) is 11.2. The molecule has 0 aliphatic carbocycles. The fourth-order valence-electron chi connectivity index (χ4n) is 1.90. The first-order chi connectivity index (χ1) is 7.85. The molecule has 0 aliphatic heterocycles. The number of ether oxygens (including phenoxy) is 1. The summed E-state index contributed by atoms with van der Waals surface area (Å²) in [6.07, 6.45) is 9.97. The largest absolute Gasteiger partial charge is 0.396 e. The average Bonchev–Trinajstić information content (AvgIpc) is 2.31. The molecule has 0 radical (unpaired) electrons. The van der Waals surface area contributed by atoms with Crippen LogP contribution in [-0.4, -0.2) is 24.9 Å². The van der Waals surface area contributed by atoms with Gasteiger partial charge in [0.25, 0.3) is 0 Å². The van der Waals surface area contributed by atoms with Crippen LogP contribution in [0.1, 0.15) is 65.2 Å². The third-order valence-electron chi connectivity index (χ3n) is 2.98. The van der Waals surface area contributed by atoms with E-state index in [9.17, 15) is 0 Å². The van der Waals surface area contributed by atoms with E-state index in [0.29, 0.717) is 6.61 Å². The predicted molar refractivity (Wildman–Crippen MR) is 69.7 cm³/mol. The topological polar surface area (TPSA) is 29.5 Å². The van der Waals surface area contributed by atoms with Crippen molar-refractivity contribution in [2.75, 3.05) is 19.8 Å². The quantitative estimate of drug-likeness (QED) is 0.517. The lowest BCUT2D eigenvalue weighted by molar-refractivity contribution is 0.0797. The maximum Gasteiger partial charge on any atom is 0.0494 e. The van der Waals surface area contributed by atoms with Crippen LogP contribution in [0.3, 0.4) is 0 Å². The van der Waals surface area contributed by atoms with Crippen LogP contribution in [0.4, 0.5) is 0 Å². The van der Waals surface area contributed by atoms with E-state index in [2.05, 4.69) is 13.8 Å². The van der Waals surface area contributed by atoms with Crippen LogP contribution in [0.15, 0.2) is 0 Å². The van der Waals surface area contributed by atoms with E-state index in [-0.39, 0.29) is 6.61 Å². The van der Waals surface area contributed by atoms with Gasteiger partial charge in [0.15, 0.2) is 0 Å². The highest BCUT2D eigenvalue weighted by molar-refractivity contribution is 4.59. The summed E-state index contributed by atoms with van der Waals surface area (Å²) in [5.74, 6) is 0.741. The molecular formula is C14H30O2. The van der Waals surface area contributed by atoms with Crippen molar-refractivity contribution in [3.63, 3.8) is 0 Å². The zero-order chi connectivity index (χ0) is 12.1. The van der Waals surface area contributed by atoms with Gasteiger partial charge in [0.1, 0.15) is 0 Å². The third-order valence-corrected chi connectivity index (χ3v) is 2.98. The number of aliphatic hydroxyl groups is 1. The molecule has 0 saturated carbocycles. The second-order valence-electron chi connectivity index (χ2n) is 4.66. The fourth-order valence-corrected chi connectivity index (χ4v) is 1.90. The standard InChI is InChI=1S/C14H30O2/c1-3-5-7-10-14(9-6-4-2)13-16-12-8-11-15/h14-15H,3-13H2,1-2H3. The van der Waals surface area contributed by atoms with E-state index in [1.54, 1.807) is 0 Å². The van der Waals surface area contributed by atoms with E-state index in [4.69, 9.17) is 9.84 Å². The van der Waals surface area contributed by atoms with E-state index in [1.807, 2.05) is 0 Å². The van der Waals surface area contributed by atoms with Gasteiger partial charge in [-0.3, -0.25) is 0 Å². The van der Waals surface area contributed by atoms with Crippen molar-refractivity contribution < 1.29 is 9.84 Å². The summed E-state index contributed by atoms with van der Waals surface area (Å²) in [7, 11) is 0. The summed E-state index contributed by atoms with van der Waals surface area (Å²) >= 11 is 0. The van der Waals surface area contributed by atoms with Gasteiger partial charge >= 0.3 is 0 Å². The molecule has 0 aliphatic rings. The molecule has 98 valence electrons. The molecule has 1 atom stereocenters. The molecule has 0 fully saturated rings. The number of unbranched alkanes of at least 4 members (excludes halogenated alkanes) is 3. The molecule has 0 saturated heterocycles. The van der Waals surface area contributed by atoms with E-state index < -0.39 is 0 Å². The molecule has 0 rings (SSSR count). The van der Waals surface area contributed by atoms with Crippen LogP contribution in [-0.2, 0) is 4.74 Å². The van der Waals surface area contributed by atoms with Crippen molar-refractivity contribution in [3.8, 4) is 0 Å². The second-order valence-corrected chi connectivity index (χ2v) is 4.66. The van der Waals surface area contributed by atoms with Gasteiger partial charge in [0.05, 0.1) is 0 Å². The maximum absolute atomic E-state index is 8.67. The van der Waals surface area contributed by atoms with Crippen LogP contribution >= 0.6 is 0 Å². The highest BCUT2D eigenvalue weighted by atomic mass is 16.5. The highest BCUT2D eigenvalue weighted by Crippen LogP contribution is 2.17. The maximum atomic E-state index is 8.67. The Balaban J connectivity index is 3.54. The first kappa shape index (κ1) is 15.9. The number of aliphatic hydroxyl groups excluding tert-OH is 1. The van der Waals surface area contributed by atoms with E-state index >= 15 is 0 Å². The Kier molecular flexibility index (Phi) is 12.9.